The molecule has 0 aliphatic heterocycles. The second kappa shape index (κ2) is 4.86. The van der Waals surface area contributed by atoms with Crippen LogP contribution in [0.3, 0.4) is 0 Å². The van der Waals surface area contributed by atoms with Crippen molar-refractivity contribution in [3.63, 3.8) is 0 Å². The van der Waals surface area contributed by atoms with E-state index in [0.717, 1.165) is 36.8 Å². The lowest BCUT2D eigenvalue weighted by atomic mass is 9.49. The molecular formula is C20H28O2. The zero-order valence-corrected chi connectivity index (χ0v) is 14.2. The van der Waals surface area contributed by atoms with Crippen molar-refractivity contribution in [1.82, 2.24) is 0 Å². The number of hydrogen-bond donors (Lipinski definition) is 2. The van der Waals surface area contributed by atoms with Crippen molar-refractivity contribution < 1.29 is 10.2 Å². The van der Waals surface area contributed by atoms with Gasteiger partial charge in [0.25, 0.3) is 0 Å². The number of fused-ring (bicyclic) bond motifs is 3. The predicted molar refractivity (Wildman–Crippen MR) is 91.1 cm³/mol. The molecule has 1 unspecified atom stereocenters. The normalized spacial score (nSPS) is 33.0. The fourth-order valence-corrected chi connectivity index (χ4v) is 5.23. The highest BCUT2D eigenvalue weighted by molar-refractivity contribution is 5.64. The summed E-state index contributed by atoms with van der Waals surface area (Å²) in [6.07, 6.45) is 5.57. The highest BCUT2D eigenvalue weighted by Crippen LogP contribution is 2.58. The van der Waals surface area contributed by atoms with Gasteiger partial charge < -0.3 is 10.2 Å². The first-order valence-corrected chi connectivity index (χ1v) is 8.40. The molecule has 2 nitrogen and oxygen atoms in total. The molecule has 3 atom stereocenters. The van der Waals surface area contributed by atoms with Crippen LogP contribution in [0.15, 0.2) is 12.6 Å². The minimum Gasteiger partial charge on any atom is -0.508 e. The molecule has 0 amide bonds. The van der Waals surface area contributed by atoms with E-state index in [9.17, 15) is 10.2 Å². The van der Waals surface area contributed by atoms with Gasteiger partial charge in [0, 0.05) is 0 Å². The summed E-state index contributed by atoms with van der Waals surface area (Å²) in [4.78, 5) is 0. The van der Waals surface area contributed by atoms with E-state index in [1.54, 1.807) is 0 Å². The summed E-state index contributed by atoms with van der Waals surface area (Å²) in [6.45, 7) is 12.7. The zero-order chi connectivity index (χ0) is 16.3. The zero-order valence-electron chi connectivity index (χ0n) is 14.2. The second-order valence-electron chi connectivity index (χ2n) is 8.05. The maximum absolute atomic E-state index is 10.5. The molecule has 1 saturated carbocycles. The highest BCUT2D eigenvalue weighted by atomic mass is 16.3. The van der Waals surface area contributed by atoms with Gasteiger partial charge in [-0.05, 0) is 77.7 Å². The molecule has 0 bridgehead atoms. The van der Waals surface area contributed by atoms with E-state index in [0.29, 0.717) is 11.7 Å². The van der Waals surface area contributed by atoms with Crippen LogP contribution in [0, 0.1) is 18.3 Å². The number of aliphatic hydroxyl groups is 1. The fourth-order valence-electron chi connectivity index (χ4n) is 5.23. The molecule has 1 aromatic carbocycles. The van der Waals surface area contributed by atoms with E-state index < -0.39 is 0 Å². The summed E-state index contributed by atoms with van der Waals surface area (Å²) in [5.74, 6) is 0.815. The minimum atomic E-state index is -0.231. The second-order valence-corrected chi connectivity index (χ2v) is 8.05. The van der Waals surface area contributed by atoms with Crippen LogP contribution in [-0.2, 0) is 11.8 Å². The van der Waals surface area contributed by atoms with Crippen molar-refractivity contribution in [3.05, 3.63) is 34.9 Å². The molecule has 0 saturated heterocycles. The number of rotatable bonds is 1. The third kappa shape index (κ3) is 1.89. The first-order chi connectivity index (χ1) is 10.2. The van der Waals surface area contributed by atoms with E-state index in [1.165, 1.54) is 11.1 Å². The summed E-state index contributed by atoms with van der Waals surface area (Å²) in [7, 11) is 0. The maximum Gasteiger partial charge on any atom is 0.119 e. The quantitative estimate of drug-likeness (QED) is 0.809. The summed E-state index contributed by atoms with van der Waals surface area (Å²) in [5, 5.41) is 20.8. The molecule has 0 aromatic heterocycles. The Morgan fingerprint density at radius 2 is 1.95 bits per heavy atom. The van der Waals surface area contributed by atoms with Crippen LogP contribution in [-0.4, -0.2) is 16.3 Å². The fraction of sp³-hybridized carbons (Fsp3) is 0.600. The van der Waals surface area contributed by atoms with E-state index in [-0.39, 0.29) is 16.9 Å². The molecule has 2 aliphatic rings. The highest BCUT2D eigenvalue weighted by Gasteiger charge is 2.53. The average molecular weight is 300 g/mol. The molecule has 0 heterocycles. The molecule has 0 radical (unpaired) electrons. The van der Waals surface area contributed by atoms with Crippen LogP contribution in [0.2, 0.25) is 0 Å². The van der Waals surface area contributed by atoms with Crippen molar-refractivity contribution in [3.8, 4) is 5.75 Å². The van der Waals surface area contributed by atoms with Crippen molar-refractivity contribution in [2.24, 2.45) is 11.3 Å². The standard InChI is InChI=1S/C20H28O2/c1-6-13-12(2)16(21)11-15-14(13)7-8-17-19(3,4)18(22)9-10-20(15,17)5/h6,11,17-18,21-22H,1,7-10H2,2-5H3/t17?,18-,20+/m1/s1. The predicted octanol–water partition coefficient (Wildman–Crippen LogP) is 4.34. The molecule has 3 rings (SSSR count). The smallest absolute Gasteiger partial charge is 0.119 e. The molecule has 1 aromatic rings. The van der Waals surface area contributed by atoms with E-state index in [4.69, 9.17) is 0 Å². The number of aromatic hydroxyl groups is 1. The van der Waals surface area contributed by atoms with Crippen LogP contribution < -0.4 is 0 Å². The molecular weight excluding hydrogens is 272 g/mol. The van der Waals surface area contributed by atoms with E-state index in [1.807, 2.05) is 19.1 Å². The Kier molecular flexibility index (Phi) is 3.45. The van der Waals surface area contributed by atoms with E-state index in [2.05, 4.69) is 27.4 Å². The summed E-state index contributed by atoms with van der Waals surface area (Å²) in [5.41, 5.74) is 4.63. The van der Waals surface area contributed by atoms with Crippen molar-refractivity contribution in [2.45, 2.75) is 64.9 Å². The Balaban J connectivity index is 2.22. The third-order valence-electron chi connectivity index (χ3n) is 6.69. The Labute approximate surface area is 133 Å². The number of phenols is 1. The van der Waals surface area contributed by atoms with Crippen LogP contribution in [0.25, 0.3) is 6.08 Å². The largest absolute Gasteiger partial charge is 0.508 e. The third-order valence-corrected chi connectivity index (χ3v) is 6.69. The topological polar surface area (TPSA) is 40.5 Å². The number of benzene rings is 1. The van der Waals surface area contributed by atoms with Gasteiger partial charge in [-0.25, -0.2) is 0 Å². The molecule has 2 aliphatic carbocycles. The minimum absolute atomic E-state index is 0.0270. The van der Waals surface area contributed by atoms with Gasteiger partial charge in [-0.3, -0.25) is 0 Å². The SMILES string of the molecule is C=Cc1c(C)c(O)cc2c1CCC1C(C)(C)[C@H](O)CC[C@@]21C. The van der Waals surface area contributed by atoms with Gasteiger partial charge in [0.2, 0.25) is 0 Å². The van der Waals surface area contributed by atoms with Crippen LogP contribution in [0.1, 0.15) is 62.3 Å². The maximum atomic E-state index is 10.5. The van der Waals surface area contributed by atoms with Gasteiger partial charge in [0.05, 0.1) is 6.10 Å². The number of phenolic OH excluding ortho intramolecular Hbond substituents is 1. The lowest BCUT2D eigenvalue weighted by Crippen LogP contribution is -2.53. The van der Waals surface area contributed by atoms with Gasteiger partial charge in [-0.15, -0.1) is 0 Å². The van der Waals surface area contributed by atoms with Crippen LogP contribution >= 0.6 is 0 Å². The molecule has 120 valence electrons. The van der Waals surface area contributed by atoms with Crippen LogP contribution in [0.5, 0.6) is 5.75 Å². The molecule has 22 heavy (non-hydrogen) atoms. The van der Waals surface area contributed by atoms with Gasteiger partial charge in [-0.1, -0.05) is 33.4 Å². The van der Waals surface area contributed by atoms with Gasteiger partial charge in [-0.2, -0.15) is 0 Å². The Morgan fingerprint density at radius 1 is 1.27 bits per heavy atom. The lowest BCUT2D eigenvalue weighted by Gasteiger charge is -2.56. The molecule has 2 heteroatoms. The average Bonchev–Trinajstić information content (AvgIpc) is 2.46. The van der Waals surface area contributed by atoms with Gasteiger partial charge in [0.1, 0.15) is 5.75 Å². The Bertz CT molecular complexity index is 629. The van der Waals surface area contributed by atoms with Crippen molar-refractivity contribution >= 4 is 6.08 Å². The lowest BCUT2D eigenvalue weighted by molar-refractivity contribution is -0.0731. The Hall–Kier alpha value is -1.28. The van der Waals surface area contributed by atoms with Crippen LogP contribution in [0.4, 0.5) is 0 Å². The van der Waals surface area contributed by atoms with Gasteiger partial charge >= 0.3 is 0 Å². The van der Waals surface area contributed by atoms with Gasteiger partial charge in [0.15, 0.2) is 0 Å². The summed E-state index contributed by atoms with van der Waals surface area (Å²) in [6, 6.07) is 1.98. The Morgan fingerprint density at radius 3 is 2.59 bits per heavy atom. The van der Waals surface area contributed by atoms with Crippen molar-refractivity contribution in [2.75, 3.05) is 0 Å². The summed E-state index contributed by atoms with van der Waals surface area (Å²) < 4.78 is 0. The van der Waals surface area contributed by atoms with E-state index >= 15 is 0 Å². The first kappa shape index (κ1) is 15.6. The van der Waals surface area contributed by atoms with Crippen molar-refractivity contribution in [1.29, 1.82) is 0 Å². The first-order valence-electron chi connectivity index (χ1n) is 8.40. The summed E-state index contributed by atoms with van der Waals surface area (Å²) >= 11 is 0. The monoisotopic (exact) mass is 300 g/mol. The molecule has 0 spiro atoms. The number of aliphatic hydroxyl groups excluding tert-OH is 1. The number of hydrogen-bond acceptors (Lipinski definition) is 2. The molecule has 2 N–H and O–H groups in total. The molecule has 1 fully saturated rings.